The Bertz CT molecular complexity index is 667. The third kappa shape index (κ3) is 4.20. The fraction of sp³-hybridized carbons (Fsp3) is 0.350. The van der Waals surface area contributed by atoms with Crippen molar-refractivity contribution in [2.75, 3.05) is 6.54 Å². The van der Waals surface area contributed by atoms with Crippen LogP contribution in [-0.4, -0.2) is 12.5 Å². The second-order valence-corrected chi connectivity index (χ2v) is 6.31. The number of nitrogens with one attached hydrogen (secondary N) is 1. The van der Waals surface area contributed by atoms with Crippen LogP contribution in [0.25, 0.3) is 0 Å². The van der Waals surface area contributed by atoms with E-state index >= 15 is 0 Å². The van der Waals surface area contributed by atoms with E-state index in [-0.39, 0.29) is 11.9 Å². The maximum Gasteiger partial charge on any atom is 0.224 e. The van der Waals surface area contributed by atoms with E-state index in [2.05, 4.69) is 23.5 Å². The number of rotatable bonds is 5. The van der Waals surface area contributed by atoms with Crippen LogP contribution in [0, 0.1) is 0 Å². The number of benzene rings is 2. The lowest BCUT2D eigenvalue weighted by Crippen LogP contribution is -2.32. The van der Waals surface area contributed by atoms with Gasteiger partial charge in [-0.2, -0.15) is 0 Å². The molecule has 1 unspecified atom stereocenters. The van der Waals surface area contributed by atoms with Crippen molar-refractivity contribution in [1.82, 2.24) is 5.32 Å². The first-order valence-corrected chi connectivity index (χ1v) is 8.40. The molecule has 0 saturated heterocycles. The van der Waals surface area contributed by atoms with Crippen LogP contribution in [0.3, 0.4) is 0 Å². The molecule has 2 aromatic rings. The van der Waals surface area contributed by atoms with Crippen molar-refractivity contribution in [2.45, 2.75) is 38.1 Å². The lowest BCUT2D eigenvalue weighted by Gasteiger charge is -2.17. The summed E-state index contributed by atoms with van der Waals surface area (Å²) in [5.74, 6) is 0.0344. The molecule has 120 valence electrons. The maximum absolute atomic E-state index is 12.1. The van der Waals surface area contributed by atoms with Crippen LogP contribution in [0.4, 0.5) is 0 Å². The van der Waals surface area contributed by atoms with Crippen LogP contribution in [0.15, 0.2) is 48.5 Å². The summed E-state index contributed by atoms with van der Waals surface area (Å²) < 4.78 is 0. The molecular formula is C20H24N2O. The lowest BCUT2D eigenvalue weighted by atomic mass is 9.90. The largest absolute Gasteiger partial charge is 0.354 e. The highest BCUT2D eigenvalue weighted by molar-refractivity contribution is 5.78. The Kier molecular flexibility index (Phi) is 5.09. The number of hydrogen-bond acceptors (Lipinski definition) is 2. The molecule has 3 rings (SSSR count). The van der Waals surface area contributed by atoms with Crippen LogP contribution in [0.5, 0.6) is 0 Å². The molecule has 0 fully saturated rings. The monoisotopic (exact) mass is 308 g/mol. The Morgan fingerprint density at radius 3 is 2.57 bits per heavy atom. The normalized spacial score (nSPS) is 14.8. The fourth-order valence-electron chi connectivity index (χ4n) is 3.19. The topological polar surface area (TPSA) is 55.1 Å². The number of aryl methyl sites for hydroxylation is 2. The van der Waals surface area contributed by atoms with Gasteiger partial charge in [-0.25, -0.2) is 0 Å². The number of carbonyl (C=O) groups is 1. The molecule has 23 heavy (non-hydrogen) atoms. The molecular weight excluding hydrogens is 284 g/mol. The molecule has 0 saturated carbocycles. The van der Waals surface area contributed by atoms with Crippen molar-refractivity contribution < 1.29 is 4.79 Å². The van der Waals surface area contributed by atoms with E-state index in [0.717, 1.165) is 17.5 Å². The minimum atomic E-state index is -0.163. The van der Waals surface area contributed by atoms with E-state index in [0.29, 0.717) is 13.0 Å². The van der Waals surface area contributed by atoms with Gasteiger partial charge < -0.3 is 11.1 Å². The zero-order valence-corrected chi connectivity index (χ0v) is 13.4. The van der Waals surface area contributed by atoms with Crippen molar-refractivity contribution in [3.8, 4) is 0 Å². The molecule has 3 N–H and O–H groups in total. The molecule has 1 aliphatic carbocycles. The Morgan fingerprint density at radius 2 is 1.78 bits per heavy atom. The van der Waals surface area contributed by atoms with Gasteiger partial charge in [0.25, 0.3) is 0 Å². The fourth-order valence-corrected chi connectivity index (χ4v) is 3.19. The smallest absolute Gasteiger partial charge is 0.224 e. The lowest BCUT2D eigenvalue weighted by molar-refractivity contribution is -0.120. The first-order valence-electron chi connectivity index (χ1n) is 8.40. The zero-order valence-electron chi connectivity index (χ0n) is 13.4. The minimum absolute atomic E-state index is 0.0344. The Labute approximate surface area is 137 Å². The Balaban J connectivity index is 1.53. The van der Waals surface area contributed by atoms with E-state index in [4.69, 9.17) is 5.73 Å². The first-order chi connectivity index (χ1) is 11.2. The molecule has 0 radical (unpaired) electrons. The molecule has 3 nitrogen and oxygen atoms in total. The molecule has 1 aliphatic rings. The van der Waals surface area contributed by atoms with E-state index in [1.165, 1.54) is 30.4 Å². The van der Waals surface area contributed by atoms with Gasteiger partial charge in [0.05, 0.1) is 6.42 Å². The van der Waals surface area contributed by atoms with Gasteiger partial charge in [-0.1, -0.05) is 48.5 Å². The average Bonchev–Trinajstić information content (AvgIpc) is 2.60. The summed E-state index contributed by atoms with van der Waals surface area (Å²) in [4.78, 5) is 12.1. The summed E-state index contributed by atoms with van der Waals surface area (Å²) in [6.07, 6.45) is 5.28. The predicted molar refractivity (Wildman–Crippen MR) is 93.2 cm³/mol. The molecule has 0 aromatic heterocycles. The molecule has 0 aliphatic heterocycles. The SMILES string of the molecule is NC(CNC(=O)Cc1ccc2c(c1)CCCC2)c1ccccc1. The highest BCUT2D eigenvalue weighted by Gasteiger charge is 2.12. The van der Waals surface area contributed by atoms with Crippen molar-refractivity contribution in [3.05, 3.63) is 70.8 Å². The summed E-state index contributed by atoms with van der Waals surface area (Å²) in [6.45, 7) is 0.466. The third-order valence-electron chi connectivity index (χ3n) is 4.52. The van der Waals surface area contributed by atoms with Crippen LogP contribution in [-0.2, 0) is 24.1 Å². The van der Waals surface area contributed by atoms with Gasteiger partial charge in [-0.15, -0.1) is 0 Å². The third-order valence-corrected chi connectivity index (χ3v) is 4.52. The van der Waals surface area contributed by atoms with Crippen molar-refractivity contribution in [2.24, 2.45) is 5.73 Å². The average molecular weight is 308 g/mol. The summed E-state index contributed by atoms with van der Waals surface area (Å²) in [7, 11) is 0. The molecule has 2 aromatic carbocycles. The second-order valence-electron chi connectivity index (χ2n) is 6.31. The number of nitrogens with two attached hydrogens (primary N) is 1. The molecule has 0 spiro atoms. The summed E-state index contributed by atoms with van der Waals surface area (Å²) in [6, 6.07) is 16.2. The van der Waals surface area contributed by atoms with Gasteiger partial charge in [-0.3, -0.25) is 4.79 Å². The van der Waals surface area contributed by atoms with Gasteiger partial charge in [0.1, 0.15) is 0 Å². The summed E-state index contributed by atoms with van der Waals surface area (Å²) >= 11 is 0. The first kappa shape index (κ1) is 15.8. The van der Waals surface area contributed by atoms with Crippen LogP contribution in [0.2, 0.25) is 0 Å². The molecule has 1 atom stereocenters. The van der Waals surface area contributed by atoms with Crippen LogP contribution >= 0.6 is 0 Å². The molecule has 0 bridgehead atoms. The minimum Gasteiger partial charge on any atom is -0.354 e. The Hall–Kier alpha value is -2.13. The van der Waals surface area contributed by atoms with Crippen LogP contribution in [0.1, 0.15) is 41.1 Å². The molecule has 3 heteroatoms. The quantitative estimate of drug-likeness (QED) is 0.892. The van der Waals surface area contributed by atoms with Crippen molar-refractivity contribution in [3.63, 3.8) is 0 Å². The van der Waals surface area contributed by atoms with Gasteiger partial charge >= 0.3 is 0 Å². The van der Waals surface area contributed by atoms with E-state index in [1.54, 1.807) is 0 Å². The van der Waals surface area contributed by atoms with Crippen LogP contribution < -0.4 is 11.1 Å². The summed E-state index contributed by atoms with van der Waals surface area (Å²) in [5.41, 5.74) is 11.1. The predicted octanol–water partition coefficient (Wildman–Crippen LogP) is 2.92. The number of fused-ring (bicyclic) bond motifs is 1. The standard InChI is InChI=1S/C20H24N2O/c21-19(17-7-2-1-3-8-17)14-22-20(23)13-15-10-11-16-6-4-5-9-18(16)12-15/h1-3,7-8,10-12,19H,4-6,9,13-14,21H2,(H,22,23). The van der Waals surface area contributed by atoms with Gasteiger partial charge in [0, 0.05) is 12.6 Å². The maximum atomic E-state index is 12.1. The zero-order chi connectivity index (χ0) is 16.1. The molecule has 1 amide bonds. The summed E-state index contributed by atoms with van der Waals surface area (Å²) in [5, 5.41) is 2.95. The van der Waals surface area contributed by atoms with Crippen molar-refractivity contribution >= 4 is 5.91 Å². The second kappa shape index (κ2) is 7.42. The highest BCUT2D eigenvalue weighted by Crippen LogP contribution is 2.22. The van der Waals surface area contributed by atoms with Crippen molar-refractivity contribution in [1.29, 1.82) is 0 Å². The number of hydrogen-bond donors (Lipinski definition) is 2. The van der Waals surface area contributed by atoms with E-state index in [1.807, 2.05) is 30.3 Å². The van der Waals surface area contributed by atoms with Gasteiger partial charge in [0.15, 0.2) is 0 Å². The highest BCUT2D eigenvalue weighted by atomic mass is 16.1. The van der Waals surface area contributed by atoms with Gasteiger partial charge in [0.2, 0.25) is 5.91 Å². The van der Waals surface area contributed by atoms with E-state index in [9.17, 15) is 4.79 Å². The van der Waals surface area contributed by atoms with E-state index < -0.39 is 0 Å². The Morgan fingerprint density at radius 1 is 1.04 bits per heavy atom. The number of carbonyl (C=O) groups excluding carboxylic acids is 1. The number of amides is 1. The van der Waals surface area contributed by atoms with Gasteiger partial charge in [-0.05, 0) is 47.9 Å². The molecule has 0 heterocycles.